The van der Waals surface area contributed by atoms with Crippen molar-refractivity contribution < 1.29 is 4.79 Å². The average molecular weight is 366 g/mol. The van der Waals surface area contributed by atoms with Gasteiger partial charge in [0.2, 0.25) is 0 Å². The van der Waals surface area contributed by atoms with Gasteiger partial charge in [0.25, 0.3) is 5.91 Å². The maximum atomic E-state index is 12.5. The second-order valence-corrected chi connectivity index (χ2v) is 6.22. The first-order valence-electron chi connectivity index (χ1n) is 7.36. The van der Waals surface area contributed by atoms with Crippen molar-refractivity contribution in [2.45, 2.75) is 6.92 Å². The summed E-state index contributed by atoms with van der Waals surface area (Å²) in [6.07, 6.45) is 0. The van der Waals surface area contributed by atoms with Crippen molar-refractivity contribution in [3.05, 3.63) is 88.4 Å². The number of halogens is 1. The Bertz CT molecular complexity index is 843. The van der Waals surface area contributed by atoms with Crippen molar-refractivity contribution in [2.75, 3.05) is 5.32 Å². The van der Waals surface area contributed by atoms with E-state index in [2.05, 4.69) is 21.2 Å². The zero-order valence-corrected chi connectivity index (χ0v) is 14.3. The quantitative estimate of drug-likeness (QED) is 0.635. The monoisotopic (exact) mass is 365 g/mol. The fraction of sp³-hybridized carbons (Fsp3) is 0.0500. The zero-order valence-electron chi connectivity index (χ0n) is 12.7. The molecule has 3 rings (SSSR count). The molecule has 0 unspecified atom stereocenters. The summed E-state index contributed by atoms with van der Waals surface area (Å²) in [6, 6.07) is 23.5. The van der Waals surface area contributed by atoms with E-state index >= 15 is 0 Å². The molecule has 1 N–H and O–H groups in total. The van der Waals surface area contributed by atoms with Crippen molar-refractivity contribution in [1.29, 1.82) is 0 Å². The molecule has 3 heteroatoms. The molecule has 0 radical (unpaired) electrons. The van der Waals surface area contributed by atoms with E-state index in [0.29, 0.717) is 5.56 Å². The number of nitrogens with one attached hydrogen (secondary N) is 1. The predicted octanol–water partition coefficient (Wildman–Crippen LogP) is 5.68. The number of carbonyl (C=O) groups is 1. The van der Waals surface area contributed by atoms with Gasteiger partial charge in [-0.3, -0.25) is 4.79 Å². The van der Waals surface area contributed by atoms with Crippen molar-refractivity contribution in [2.24, 2.45) is 0 Å². The van der Waals surface area contributed by atoms with Gasteiger partial charge in [-0.25, -0.2) is 0 Å². The maximum Gasteiger partial charge on any atom is 0.255 e. The number of benzene rings is 3. The van der Waals surface area contributed by atoms with Crippen molar-refractivity contribution in [3.63, 3.8) is 0 Å². The molecule has 0 bridgehead atoms. The number of anilines is 1. The Kier molecular flexibility index (Phi) is 4.58. The maximum absolute atomic E-state index is 12.5. The largest absolute Gasteiger partial charge is 0.322 e. The minimum Gasteiger partial charge on any atom is -0.322 e. The van der Waals surface area contributed by atoms with Gasteiger partial charge in [-0.05, 0) is 47.9 Å². The van der Waals surface area contributed by atoms with Crippen LogP contribution in [0.4, 0.5) is 5.69 Å². The first-order chi connectivity index (χ1) is 11.1. The Morgan fingerprint density at radius 3 is 2.35 bits per heavy atom. The molecule has 0 aliphatic carbocycles. The Morgan fingerprint density at radius 2 is 1.61 bits per heavy atom. The van der Waals surface area contributed by atoms with Gasteiger partial charge in [-0.15, -0.1) is 0 Å². The lowest BCUT2D eigenvalue weighted by atomic mass is 10.0. The smallest absolute Gasteiger partial charge is 0.255 e. The van der Waals surface area contributed by atoms with Crippen molar-refractivity contribution in [3.8, 4) is 11.1 Å². The van der Waals surface area contributed by atoms with E-state index in [1.54, 1.807) is 0 Å². The topological polar surface area (TPSA) is 29.1 Å². The number of hydrogen-bond acceptors (Lipinski definition) is 1. The van der Waals surface area contributed by atoms with Crippen LogP contribution in [0.15, 0.2) is 77.3 Å². The molecule has 0 spiro atoms. The molecule has 2 nitrogen and oxygen atoms in total. The molecule has 3 aromatic rings. The molecular formula is C20H16BrNO. The van der Waals surface area contributed by atoms with Crippen LogP contribution in [0.1, 0.15) is 15.9 Å². The number of hydrogen-bond donors (Lipinski definition) is 1. The molecule has 0 saturated carbocycles. The highest BCUT2D eigenvalue weighted by atomic mass is 79.9. The van der Waals surface area contributed by atoms with Gasteiger partial charge in [-0.1, -0.05) is 64.5 Å². The second-order valence-electron chi connectivity index (χ2n) is 5.36. The summed E-state index contributed by atoms with van der Waals surface area (Å²) in [5, 5.41) is 2.94. The highest BCUT2D eigenvalue weighted by Gasteiger charge is 2.08. The molecule has 0 aliphatic rings. The van der Waals surface area contributed by atoms with E-state index in [0.717, 1.165) is 26.9 Å². The van der Waals surface area contributed by atoms with E-state index in [4.69, 9.17) is 0 Å². The molecule has 0 aromatic heterocycles. The molecule has 3 aromatic carbocycles. The highest BCUT2D eigenvalue weighted by Crippen LogP contribution is 2.23. The Balaban J connectivity index is 1.84. The first-order valence-corrected chi connectivity index (χ1v) is 8.16. The summed E-state index contributed by atoms with van der Waals surface area (Å²) in [5.41, 5.74) is 4.68. The van der Waals surface area contributed by atoms with Gasteiger partial charge in [0.15, 0.2) is 0 Å². The number of carbonyl (C=O) groups excluding carboxylic acids is 1. The Hall–Kier alpha value is -2.39. The van der Waals surface area contributed by atoms with Crippen LogP contribution in [0.2, 0.25) is 0 Å². The zero-order chi connectivity index (χ0) is 16.2. The lowest BCUT2D eigenvalue weighted by Crippen LogP contribution is -2.11. The Morgan fingerprint density at radius 1 is 0.870 bits per heavy atom. The van der Waals surface area contributed by atoms with E-state index in [1.165, 1.54) is 0 Å². The molecule has 114 valence electrons. The van der Waals surface area contributed by atoms with Crippen molar-refractivity contribution >= 4 is 27.5 Å². The summed E-state index contributed by atoms with van der Waals surface area (Å²) in [5.74, 6) is -0.112. The van der Waals surface area contributed by atoms with Crippen LogP contribution in [0.25, 0.3) is 11.1 Å². The van der Waals surface area contributed by atoms with Crippen molar-refractivity contribution in [1.82, 2.24) is 0 Å². The minimum absolute atomic E-state index is 0.112. The third-order valence-electron chi connectivity index (χ3n) is 3.66. The van der Waals surface area contributed by atoms with Crippen LogP contribution < -0.4 is 5.32 Å². The van der Waals surface area contributed by atoms with Crippen LogP contribution in [0.3, 0.4) is 0 Å². The summed E-state index contributed by atoms with van der Waals surface area (Å²) >= 11 is 3.48. The Labute approximate surface area is 144 Å². The lowest BCUT2D eigenvalue weighted by Gasteiger charge is -2.08. The van der Waals surface area contributed by atoms with E-state index < -0.39 is 0 Å². The first kappa shape index (κ1) is 15.5. The molecule has 23 heavy (non-hydrogen) atoms. The van der Waals surface area contributed by atoms with Gasteiger partial charge in [0.05, 0.1) is 0 Å². The summed E-state index contributed by atoms with van der Waals surface area (Å²) in [7, 11) is 0. The average Bonchev–Trinajstić information content (AvgIpc) is 2.59. The van der Waals surface area contributed by atoms with Gasteiger partial charge >= 0.3 is 0 Å². The normalized spacial score (nSPS) is 10.3. The molecule has 1 amide bonds. The van der Waals surface area contributed by atoms with Crippen LogP contribution >= 0.6 is 15.9 Å². The van der Waals surface area contributed by atoms with Crippen LogP contribution in [-0.4, -0.2) is 5.91 Å². The van der Waals surface area contributed by atoms with Gasteiger partial charge < -0.3 is 5.32 Å². The summed E-state index contributed by atoms with van der Waals surface area (Å²) in [6.45, 7) is 2.01. The number of amides is 1. The van der Waals surface area contributed by atoms with Gasteiger partial charge in [0.1, 0.15) is 0 Å². The molecule has 0 heterocycles. The molecule has 0 fully saturated rings. The SMILES string of the molecule is Cc1ccc(NC(=O)c2cccc(-c3ccccc3)c2)cc1Br. The minimum atomic E-state index is -0.112. The fourth-order valence-electron chi connectivity index (χ4n) is 2.34. The third-order valence-corrected chi connectivity index (χ3v) is 4.52. The van der Waals surface area contributed by atoms with Crippen LogP contribution in [-0.2, 0) is 0 Å². The fourth-order valence-corrected chi connectivity index (χ4v) is 2.72. The molecule has 0 saturated heterocycles. The number of aryl methyl sites for hydroxylation is 1. The van der Waals surface area contributed by atoms with E-state index in [9.17, 15) is 4.79 Å². The summed E-state index contributed by atoms with van der Waals surface area (Å²) < 4.78 is 0.980. The molecule has 0 atom stereocenters. The van der Waals surface area contributed by atoms with Crippen LogP contribution in [0.5, 0.6) is 0 Å². The number of rotatable bonds is 3. The van der Waals surface area contributed by atoms with E-state index in [1.807, 2.05) is 79.7 Å². The predicted molar refractivity (Wildman–Crippen MR) is 98.7 cm³/mol. The third kappa shape index (κ3) is 3.69. The van der Waals surface area contributed by atoms with Gasteiger partial charge in [0, 0.05) is 15.7 Å². The van der Waals surface area contributed by atoms with E-state index in [-0.39, 0.29) is 5.91 Å². The summed E-state index contributed by atoms with van der Waals surface area (Å²) in [4.78, 5) is 12.5. The molecular weight excluding hydrogens is 350 g/mol. The second kappa shape index (κ2) is 6.80. The lowest BCUT2D eigenvalue weighted by molar-refractivity contribution is 0.102. The molecule has 0 aliphatic heterocycles. The van der Waals surface area contributed by atoms with Crippen LogP contribution in [0, 0.1) is 6.92 Å². The standard InChI is InChI=1S/C20H16BrNO/c1-14-10-11-18(13-19(14)21)22-20(23)17-9-5-8-16(12-17)15-6-3-2-4-7-15/h2-13H,1H3,(H,22,23). The highest BCUT2D eigenvalue weighted by molar-refractivity contribution is 9.10. The van der Waals surface area contributed by atoms with Gasteiger partial charge in [-0.2, -0.15) is 0 Å².